The van der Waals surface area contributed by atoms with Crippen LogP contribution >= 0.6 is 0 Å². The highest BCUT2D eigenvalue weighted by atomic mass is 32.2. The van der Waals surface area contributed by atoms with E-state index in [0.29, 0.717) is 5.75 Å². The Morgan fingerprint density at radius 1 is 1.47 bits per heavy atom. The fourth-order valence-corrected chi connectivity index (χ4v) is 1.91. The van der Waals surface area contributed by atoms with E-state index in [1.807, 2.05) is 39.0 Å². The molecular formula is C13H21NO2S. The minimum atomic E-state index is -1.29. The molecule has 17 heavy (non-hydrogen) atoms. The van der Waals surface area contributed by atoms with Crippen LogP contribution in [0.4, 0.5) is 0 Å². The van der Waals surface area contributed by atoms with Crippen LogP contribution in [0, 0.1) is 0 Å². The molecule has 0 radical (unpaired) electrons. The molecule has 0 unspecified atom stereocenters. The molecule has 0 amide bonds. The Balaban J connectivity index is 2.95. The molecular weight excluding hydrogens is 234 g/mol. The number of hydrogen-bond donors (Lipinski definition) is 1. The lowest BCUT2D eigenvalue weighted by atomic mass is 10.1. The van der Waals surface area contributed by atoms with Crippen LogP contribution in [-0.4, -0.2) is 16.1 Å². The fourth-order valence-electron chi connectivity index (χ4n) is 1.21. The van der Waals surface area contributed by atoms with Crippen LogP contribution in [-0.2, 0) is 11.0 Å². The summed E-state index contributed by atoms with van der Waals surface area (Å²) in [7, 11) is 0.290. The standard InChI is InChI=1S/C13H21NO2S/c1-10(14-17(15)13(2,3)4)11-7-6-8-12(9-11)16-5/h6-10,14H,1-5H3/t10-,17+/m1/s1/i10D. The third kappa shape index (κ3) is 4.13. The van der Waals surface area contributed by atoms with Gasteiger partial charge in [0, 0.05) is 6.02 Å². The molecule has 2 atom stereocenters. The van der Waals surface area contributed by atoms with Crippen LogP contribution < -0.4 is 9.46 Å². The number of methoxy groups -OCH3 is 1. The SMILES string of the molecule is [2H][C@](C)(N[S@@](=O)C(C)(C)C)c1cccc(OC)c1. The molecule has 0 saturated heterocycles. The molecule has 0 bridgehead atoms. The number of rotatable bonds is 4. The van der Waals surface area contributed by atoms with Gasteiger partial charge in [-0.05, 0) is 45.4 Å². The van der Waals surface area contributed by atoms with E-state index in [-0.39, 0.29) is 0 Å². The van der Waals surface area contributed by atoms with Gasteiger partial charge in [-0.1, -0.05) is 12.1 Å². The second kappa shape index (κ2) is 5.65. The van der Waals surface area contributed by atoms with E-state index >= 15 is 0 Å². The number of benzene rings is 1. The van der Waals surface area contributed by atoms with Crippen molar-refractivity contribution in [2.45, 2.75) is 38.5 Å². The van der Waals surface area contributed by atoms with Gasteiger partial charge in [-0.15, -0.1) is 0 Å². The monoisotopic (exact) mass is 256 g/mol. The summed E-state index contributed by atoms with van der Waals surface area (Å²) in [5.41, 5.74) is 0.722. The summed E-state index contributed by atoms with van der Waals surface area (Å²) in [6.45, 7) is 7.30. The van der Waals surface area contributed by atoms with Gasteiger partial charge in [-0.25, -0.2) is 8.93 Å². The van der Waals surface area contributed by atoms with E-state index in [1.165, 1.54) is 0 Å². The van der Waals surface area contributed by atoms with Crippen molar-refractivity contribution >= 4 is 11.0 Å². The second-order valence-electron chi connectivity index (χ2n) is 4.84. The van der Waals surface area contributed by atoms with Gasteiger partial charge in [0.25, 0.3) is 0 Å². The first kappa shape index (κ1) is 12.6. The Hall–Kier alpha value is -0.870. The Kier molecular flexibility index (Phi) is 4.18. The van der Waals surface area contributed by atoms with Crippen LogP contribution in [0.2, 0.25) is 0 Å². The lowest BCUT2D eigenvalue weighted by Crippen LogP contribution is -2.34. The zero-order chi connectivity index (χ0) is 14.0. The van der Waals surface area contributed by atoms with Gasteiger partial charge in [0.15, 0.2) is 0 Å². The summed E-state index contributed by atoms with van der Waals surface area (Å²) in [5.74, 6) is 0.689. The molecule has 0 aliphatic carbocycles. The van der Waals surface area contributed by atoms with Crippen LogP contribution in [0.25, 0.3) is 0 Å². The van der Waals surface area contributed by atoms with Gasteiger partial charge in [0.1, 0.15) is 5.75 Å². The smallest absolute Gasteiger partial charge is 0.119 e. The number of hydrogen-bond acceptors (Lipinski definition) is 2. The molecule has 0 heterocycles. The predicted octanol–water partition coefficient (Wildman–Crippen LogP) is 2.81. The molecule has 1 N–H and O–H groups in total. The highest BCUT2D eigenvalue weighted by Crippen LogP contribution is 2.20. The molecule has 3 nitrogen and oxygen atoms in total. The first-order chi connectivity index (χ1) is 8.16. The third-order valence-corrected chi connectivity index (χ3v) is 3.91. The van der Waals surface area contributed by atoms with Crippen molar-refractivity contribution in [3.63, 3.8) is 0 Å². The van der Waals surface area contributed by atoms with Crippen LogP contribution in [0.1, 0.15) is 40.6 Å². The Labute approximate surface area is 108 Å². The molecule has 0 spiro atoms. The molecule has 1 aromatic carbocycles. The van der Waals surface area contributed by atoms with Gasteiger partial charge in [-0.2, -0.15) is 0 Å². The molecule has 96 valence electrons. The molecule has 1 aromatic rings. The van der Waals surface area contributed by atoms with E-state index in [0.717, 1.165) is 5.56 Å². The maximum atomic E-state index is 12.1. The average molecular weight is 256 g/mol. The predicted molar refractivity (Wildman–Crippen MR) is 72.4 cm³/mol. The molecule has 4 heteroatoms. The summed E-state index contributed by atoms with van der Waals surface area (Å²) in [6, 6.07) is 6.12. The van der Waals surface area contributed by atoms with Crippen LogP contribution in [0.15, 0.2) is 24.3 Å². The van der Waals surface area contributed by atoms with Crippen molar-refractivity contribution in [3.8, 4) is 5.75 Å². The molecule has 1 rings (SSSR count). The van der Waals surface area contributed by atoms with Gasteiger partial charge in [0.05, 0.1) is 24.2 Å². The van der Waals surface area contributed by atoms with E-state index in [9.17, 15) is 4.21 Å². The maximum Gasteiger partial charge on any atom is 0.119 e. The first-order valence-corrected chi connectivity index (χ1v) is 6.66. The van der Waals surface area contributed by atoms with Crippen molar-refractivity contribution < 1.29 is 10.3 Å². The molecule has 0 fully saturated rings. The Morgan fingerprint density at radius 2 is 2.12 bits per heavy atom. The average Bonchev–Trinajstić information content (AvgIpc) is 2.27. The van der Waals surface area contributed by atoms with E-state index in [2.05, 4.69) is 4.72 Å². The fraction of sp³-hybridized carbons (Fsp3) is 0.538. The van der Waals surface area contributed by atoms with Crippen molar-refractivity contribution in [2.75, 3.05) is 7.11 Å². The molecule has 0 aliphatic heterocycles. The highest BCUT2D eigenvalue weighted by Gasteiger charge is 2.21. The van der Waals surface area contributed by atoms with E-state index in [1.54, 1.807) is 20.1 Å². The topological polar surface area (TPSA) is 38.3 Å². The summed E-state index contributed by atoms with van der Waals surface area (Å²) < 4.78 is 27.9. The van der Waals surface area contributed by atoms with Crippen molar-refractivity contribution in [2.24, 2.45) is 0 Å². The third-order valence-electron chi connectivity index (χ3n) is 2.30. The number of ether oxygens (including phenoxy) is 1. The molecule has 0 aromatic heterocycles. The van der Waals surface area contributed by atoms with E-state index in [4.69, 9.17) is 6.11 Å². The second-order valence-corrected chi connectivity index (χ2v) is 6.81. The minimum absolute atomic E-state index is 0.402. The lowest BCUT2D eigenvalue weighted by molar-refractivity contribution is 0.414. The zero-order valence-electron chi connectivity index (χ0n) is 12.0. The first-order valence-electron chi connectivity index (χ1n) is 6.01. The lowest BCUT2D eigenvalue weighted by Gasteiger charge is -2.22. The van der Waals surface area contributed by atoms with E-state index < -0.39 is 21.8 Å². The van der Waals surface area contributed by atoms with Gasteiger partial charge in [0.2, 0.25) is 0 Å². The minimum Gasteiger partial charge on any atom is -0.497 e. The van der Waals surface area contributed by atoms with Crippen LogP contribution in [0.5, 0.6) is 5.75 Å². The van der Waals surface area contributed by atoms with Crippen molar-refractivity contribution in [3.05, 3.63) is 29.8 Å². The summed E-state index contributed by atoms with van der Waals surface area (Å²) in [4.78, 5) is 0. The van der Waals surface area contributed by atoms with Gasteiger partial charge in [-0.3, -0.25) is 0 Å². The van der Waals surface area contributed by atoms with Crippen LogP contribution in [0.3, 0.4) is 0 Å². The largest absolute Gasteiger partial charge is 0.497 e. The normalized spacial score (nSPS) is 18.1. The van der Waals surface area contributed by atoms with Crippen molar-refractivity contribution in [1.82, 2.24) is 4.72 Å². The maximum absolute atomic E-state index is 12.1. The summed E-state index contributed by atoms with van der Waals surface area (Å²) in [5, 5.41) is 0. The quantitative estimate of drug-likeness (QED) is 0.899. The number of nitrogens with one attached hydrogen (secondary N) is 1. The Bertz CT molecular complexity index is 441. The Morgan fingerprint density at radius 3 is 2.65 bits per heavy atom. The van der Waals surface area contributed by atoms with Crippen molar-refractivity contribution in [1.29, 1.82) is 0 Å². The van der Waals surface area contributed by atoms with Gasteiger partial charge >= 0.3 is 0 Å². The highest BCUT2D eigenvalue weighted by molar-refractivity contribution is 7.84. The van der Waals surface area contributed by atoms with Gasteiger partial charge < -0.3 is 4.74 Å². The molecule has 0 aliphatic rings. The zero-order valence-corrected chi connectivity index (χ0v) is 11.9. The molecule has 0 saturated carbocycles. The summed E-state index contributed by atoms with van der Waals surface area (Å²) >= 11 is 0. The summed E-state index contributed by atoms with van der Waals surface area (Å²) in [6.07, 6.45) is 0.